The summed E-state index contributed by atoms with van der Waals surface area (Å²) in [7, 11) is 1.67. The molecule has 1 aromatic carbocycles. The minimum absolute atomic E-state index is 0.646. The van der Waals surface area contributed by atoms with Gasteiger partial charge in [0.2, 0.25) is 0 Å². The number of benzene rings is 1. The third-order valence-corrected chi connectivity index (χ3v) is 1.86. The van der Waals surface area contributed by atoms with Gasteiger partial charge in [0.25, 0.3) is 0 Å². The quantitative estimate of drug-likeness (QED) is 0.554. The smallest absolute Gasteiger partial charge is 0.119 e. The van der Waals surface area contributed by atoms with Crippen LogP contribution in [0, 0.1) is 6.92 Å². The summed E-state index contributed by atoms with van der Waals surface area (Å²) in [6.45, 7) is 2.04. The average molecular weight is 183 g/mol. The molecule has 0 unspecified atom stereocenters. The monoisotopic (exact) mass is 183 g/mol. The molecule has 2 nitrogen and oxygen atoms in total. The Morgan fingerprint density at radius 1 is 1.50 bits per heavy atom. The standard InChI is InChI=1S/C9H13NOS/c1-7-5-8(11-2)3-4-9(7)10-6-12/h3-5,10,12H,6H2,1-2H3. The zero-order valence-electron chi connectivity index (χ0n) is 7.29. The van der Waals surface area contributed by atoms with E-state index in [0.29, 0.717) is 5.88 Å². The van der Waals surface area contributed by atoms with Crippen LogP contribution in [0.2, 0.25) is 0 Å². The van der Waals surface area contributed by atoms with Crippen LogP contribution in [0.1, 0.15) is 5.56 Å². The maximum Gasteiger partial charge on any atom is 0.119 e. The van der Waals surface area contributed by atoms with E-state index in [0.717, 1.165) is 11.4 Å². The fourth-order valence-corrected chi connectivity index (χ4v) is 1.22. The summed E-state index contributed by atoms with van der Waals surface area (Å²) in [5.74, 6) is 1.53. The Morgan fingerprint density at radius 3 is 2.75 bits per heavy atom. The first-order valence-electron chi connectivity index (χ1n) is 3.77. The van der Waals surface area contributed by atoms with Crippen molar-refractivity contribution in [1.29, 1.82) is 0 Å². The maximum absolute atomic E-state index is 5.08. The van der Waals surface area contributed by atoms with E-state index in [9.17, 15) is 0 Å². The molecule has 0 saturated heterocycles. The van der Waals surface area contributed by atoms with Gasteiger partial charge in [0, 0.05) is 5.69 Å². The van der Waals surface area contributed by atoms with Crippen molar-refractivity contribution in [2.45, 2.75) is 6.92 Å². The fourth-order valence-electron chi connectivity index (χ4n) is 1.05. The molecule has 0 bridgehead atoms. The van der Waals surface area contributed by atoms with E-state index in [4.69, 9.17) is 4.74 Å². The minimum atomic E-state index is 0.646. The number of ether oxygens (including phenoxy) is 1. The summed E-state index contributed by atoms with van der Waals surface area (Å²) in [5.41, 5.74) is 2.27. The molecule has 66 valence electrons. The van der Waals surface area contributed by atoms with Gasteiger partial charge in [-0.3, -0.25) is 0 Å². The lowest BCUT2D eigenvalue weighted by Crippen LogP contribution is -1.96. The van der Waals surface area contributed by atoms with Gasteiger partial charge in [-0.05, 0) is 30.7 Å². The number of thiol groups is 1. The Balaban J connectivity index is 2.87. The molecular weight excluding hydrogens is 170 g/mol. The number of hydrogen-bond acceptors (Lipinski definition) is 3. The molecule has 12 heavy (non-hydrogen) atoms. The van der Waals surface area contributed by atoms with Crippen LogP contribution in [0.5, 0.6) is 5.75 Å². The van der Waals surface area contributed by atoms with Crippen molar-refractivity contribution in [3.63, 3.8) is 0 Å². The van der Waals surface area contributed by atoms with Crippen LogP contribution in [-0.2, 0) is 0 Å². The van der Waals surface area contributed by atoms with Crippen LogP contribution in [0.4, 0.5) is 5.69 Å². The van der Waals surface area contributed by atoms with Crippen molar-refractivity contribution >= 4 is 18.3 Å². The molecule has 1 N–H and O–H groups in total. The summed E-state index contributed by atoms with van der Waals surface area (Å²) in [6, 6.07) is 5.91. The van der Waals surface area contributed by atoms with Gasteiger partial charge in [0.05, 0.1) is 13.0 Å². The molecule has 0 aliphatic carbocycles. The Morgan fingerprint density at radius 2 is 2.25 bits per heavy atom. The van der Waals surface area contributed by atoms with Crippen LogP contribution in [0.25, 0.3) is 0 Å². The predicted molar refractivity (Wildman–Crippen MR) is 55.2 cm³/mol. The zero-order chi connectivity index (χ0) is 8.97. The van der Waals surface area contributed by atoms with Crippen molar-refractivity contribution in [3.05, 3.63) is 23.8 Å². The topological polar surface area (TPSA) is 21.3 Å². The van der Waals surface area contributed by atoms with Gasteiger partial charge < -0.3 is 10.1 Å². The van der Waals surface area contributed by atoms with E-state index in [1.165, 1.54) is 5.56 Å². The molecule has 0 amide bonds. The van der Waals surface area contributed by atoms with Crippen molar-refractivity contribution in [2.24, 2.45) is 0 Å². The molecule has 0 spiro atoms. The van der Waals surface area contributed by atoms with E-state index in [1.807, 2.05) is 25.1 Å². The second-order valence-corrected chi connectivity index (χ2v) is 2.83. The first-order valence-corrected chi connectivity index (χ1v) is 4.40. The van der Waals surface area contributed by atoms with Crippen LogP contribution in [-0.4, -0.2) is 13.0 Å². The molecule has 1 rings (SSSR count). The average Bonchev–Trinajstić information content (AvgIpc) is 2.09. The van der Waals surface area contributed by atoms with Crippen LogP contribution >= 0.6 is 12.6 Å². The van der Waals surface area contributed by atoms with Crippen molar-refractivity contribution in [3.8, 4) is 5.75 Å². The van der Waals surface area contributed by atoms with Crippen LogP contribution < -0.4 is 10.1 Å². The highest BCUT2D eigenvalue weighted by Crippen LogP contribution is 2.20. The lowest BCUT2D eigenvalue weighted by Gasteiger charge is -2.08. The summed E-state index contributed by atoms with van der Waals surface area (Å²) < 4.78 is 5.08. The SMILES string of the molecule is COc1ccc(NCS)c(C)c1. The van der Waals surface area contributed by atoms with Crippen molar-refractivity contribution in [1.82, 2.24) is 0 Å². The van der Waals surface area contributed by atoms with E-state index in [1.54, 1.807) is 7.11 Å². The van der Waals surface area contributed by atoms with Gasteiger partial charge in [0.1, 0.15) is 5.75 Å². The second-order valence-electron chi connectivity index (χ2n) is 2.52. The Bertz CT molecular complexity index is 263. The Labute approximate surface area is 78.3 Å². The summed E-state index contributed by atoms with van der Waals surface area (Å²) in [5, 5.41) is 3.14. The van der Waals surface area contributed by atoms with Gasteiger partial charge in [-0.2, -0.15) is 12.6 Å². The summed E-state index contributed by atoms with van der Waals surface area (Å²) in [6.07, 6.45) is 0. The highest BCUT2D eigenvalue weighted by atomic mass is 32.1. The number of nitrogens with one attached hydrogen (secondary N) is 1. The first kappa shape index (κ1) is 9.26. The number of hydrogen-bond donors (Lipinski definition) is 2. The molecule has 1 aromatic rings. The highest BCUT2D eigenvalue weighted by molar-refractivity contribution is 7.80. The lowest BCUT2D eigenvalue weighted by molar-refractivity contribution is 0.414. The molecule has 3 heteroatoms. The Kier molecular flexibility index (Phi) is 3.29. The van der Waals surface area contributed by atoms with Crippen LogP contribution in [0.15, 0.2) is 18.2 Å². The fraction of sp³-hybridized carbons (Fsp3) is 0.333. The summed E-state index contributed by atoms with van der Waals surface area (Å²) in [4.78, 5) is 0. The van der Waals surface area contributed by atoms with E-state index >= 15 is 0 Å². The lowest BCUT2D eigenvalue weighted by atomic mass is 10.2. The third kappa shape index (κ3) is 2.08. The highest BCUT2D eigenvalue weighted by Gasteiger charge is 1.97. The van der Waals surface area contributed by atoms with Crippen molar-refractivity contribution in [2.75, 3.05) is 18.3 Å². The molecule has 0 fully saturated rings. The number of rotatable bonds is 3. The van der Waals surface area contributed by atoms with Gasteiger partial charge in [-0.25, -0.2) is 0 Å². The normalized spacial score (nSPS) is 9.58. The molecule has 0 aromatic heterocycles. The Hall–Kier alpha value is -0.830. The third-order valence-electron chi connectivity index (χ3n) is 1.70. The molecular formula is C9H13NOS. The van der Waals surface area contributed by atoms with Gasteiger partial charge in [0.15, 0.2) is 0 Å². The second kappa shape index (κ2) is 4.26. The minimum Gasteiger partial charge on any atom is -0.497 e. The van der Waals surface area contributed by atoms with Gasteiger partial charge in [-0.15, -0.1) is 0 Å². The molecule has 0 aliphatic rings. The van der Waals surface area contributed by atoms with E-state index < -0.39 is 0 Å². The number of aryl methyl sites for hydroxylation is 1. The number of methoxy groups -OCH3 is 1. The maximum atomic E-state index is 5.08. The van der Waals surface area contributed by atoms with E-state index in [-0.39, 0.29) is 0 Å². The molecule has 0 atom stereocenters. The first-order chi connectivity index (χ1) is 5.77. The van der Waals surface area contributed by atoms with Gasteiger partial charge in [-0.1, -0.05) is 0 Å². The van der Waals surface area contributed by atoms with Crippen molar-refractivity contribution < 1.29 is 4.74 Å². The number of anilines is 1. The zero-order valence-corrected chi connectivity index (χ0v) is 8.19. The largest absolute Gasteiger partial charge is 0.497 e. The molecule has 0 heterocycles. The molecule has 0 aliphatic heterocycles. The summed E-state index contributed by atoms with van der Waals surface area (Å²) >= 11 is 4.09. The predicted octanol–water partition coefficient (Wildman–Crippen LogP) is 2.30. The van der Waals surface area contributed by atoms with Gasteiger partial charge >= 0.3 is 0 Å². The van der Waals surface area contributed by atoms with Crippen LogP contribution in [0.3, 0.4) is 0 Å². The molecule has 0 saturated carbocycles. The molecule has 0 radical (unpaired) electrons. The van der Waals surface area contributed by atoms with E-state index in [2.05, 4.69) is 17.9 Å².